The molecule has 4 saturated carbocycles. The average Bonchev–Trinajstić information content (AvgIpc) is 3.01. The molecule has 0 spiro atoms. The van der Waals surface area contributed by atoms with Gasteiger partial charge >= 0.3 is 29.6 Å². The molecule has 0 aliphatic heterocycles. The predicted octanol–water partition coefficient (Wildman–Crippen LogP) is -0.882. The molecule has 4 fully saturated rings. The summed E-state index contributed by atoms with van der Waals surface area (Å²) in [7, 11) is 0. The van der Waals surface area contributed by atoms with Crippen molar-refractivity contribution < 1.29 is 54.8 Å². The van der Waals surface area contributed by atoms with Crippen molar-refractivity contribution >= 4 is 5.97 Å². The Morgan fingerprint density at radius 2 is 1.77 bits per heavy atom. The van der Waals surface area contributed by atoms with E-state index in [0.717, 1.165) is 44.9 Å². The fourth-order valence-electron chi connectivity index (χ4n) is 8.68. The predicted molar refractivity (Wildman–Crippen MR) is 107 cm³/mol. The molecule has 5 nitrogen and oxygen atoms in total. The van der Waals surface area contributed by atoms with Gasteiger partial charge in [-0.1, -0.05) is 20.8 Å². The SMILES string of the molecule is CC(CCC(=O)[O-])[C@H]1CCC2C3C(C[C@H](O)C21C)C1(C)CC[C@@H](O)C[C@H]1C[C@@H]3O.[Na+]. The first kappa shape index (κ1) is 25.0. The minimum Gasteiger partial charge on any atom is -0.550 e. The first-order valence-electron chi connectivity index (χ1n) is 11.8. The number of hydrogen-bond acceptors (Lipinski definition) is 5. The van der Waals surface area contributed by atoms with Crippen molar-refractivity contribution in [1.82, 2.24) is 0 Å². The zero-order valence-corrected chi connectivity index (χ0v) is 21.2. The van der Waals surface area contributed by atoms with E-state index in [1.54, 1.807) is 0 Å². The van der Waals surface area contributed by atoms with Gasteiger partial charge in [-0.25, -0.2) is 0 Å². The molecule has 0 aromatic carbocycles. The number of carboxylic acids is 1. The van der Waals surface area contributed by atoms with E-state index >= 15 is 0 Å². The Morgan fingerprint density at radius 1 is 1.07 bits per heavy atom. The third kappa shape index (κ3) is 3.84. The molecule has 4 rings (SSSR count). The van der Waals surface area contributed by atoms with Crippen LogP contribution < -0.4 is 34.7 Å². The van der Waals surface area contributed by atoms with Crippen molar-refractivity contribution in [2.24, 2.45) is 46.3 Å². The molecule has 0 aromatic heterocycles. The second-order valence-electron chi connectivity index (χ2n) is 11.4. The first-order valence-corrected chi connectivity index (χ1v) is 11.8. The Hall–Kier alpha value is 0.350. The molecule has 0 radical (unpaired) electrons. The molecular formula is C24H39NaO5. The number of aliphatic hydroxyl groups excluding tert-OH is 3. The van der Waals surface area contributed by atoms with Gasteiger partial charge in [0.25, 0.3) is 0 Å². The number of carbonyl (C=O) groups excluding carboxylic acids is 1. The third-order valence-corrected chi connectivity index (χ3v) is 10.3. The molecule has 0 heterocycles. The van der Waals surface area contributed by atoms with Gasteiger partial charge in [0.05, 0.1) is 18.3 Å². The summed E-state index contributed by atoms with van der Waals surface area (Å²) in [4.78, 5) is 11.0. The van der Waals surface area contributed by atoms with Crippen molar-refractivity contribution in [3.8, 4) is 0 Å². The van der Waals surface area contributed by atoms with Gasteiger partial charge in [-0.2, -0.15) is 0 Å². The van der Waals surface area contributed by atoms with Gasteiger partial charge in [0.2, 0.25) is 0 Å². The fourth-order valence-corrected chi connectivity index (χ4v) is 8.68. The number of hydrogen-bond donors (Lipinski definition) is 3. The van der Waals surface area contributed by atoms with Crippen LogP contribution >= 0.6 is 0 Å². The molecule has 3 N–H and O–H groups in total. The van der Waals surface area contributed by atoms with Gasteiger partial charge < -0.3 is 25.2 Å². The molecule has 0 amide bonds. The van der Waals surface area contributed by atoms with E-state index in [1.807, 2.05) is 0 Å². The fraction of sp³-hybridized carbons (Fsp3) is 0.958. The van der Waals surface area contributed by atoms with E-state index in [2.05, 4.69) is 20.8 Å². The van der Waals surface area contributed by atoms with Crippen LogP contribution in [0.2, 0.25) is 0 Å². The van der Waals surface area contributed by atoms with Gasteiger partial charge in [0.1, 0.15) is 0 Å². The Balaban J connectivity index is 0.00000256. The van der Waals surface area contributed by atoms with Gasteiger partial charge in [-0.15, -0.1) is 0 Å². The molecule has 0 aromatic rings. The summed E-state index contributed by atoms with van der Waals surface area (Å²) < 4.78 is 0. The van der Waals surface area contributed by atoms with E-state index in [0.29, 0.717) is 18.3 Å². The maximum Gasteiger partial charge on any atom is 1.00 e. The van der Waals surface area contributed by atoms with Crippen LogP contribution in [-0.4, -0.2) is 39.6 Å². The summed E-state index contributed by atoms with van der Waals surface area (Å²) in [5, 5.41) is 43.9. The number of aliphatic carboxylic acids is 1. The summed E-state index contributed by atoms with van der Waals surface area (Å²) >= 11 is 0. The summed E-state index contributed by atoms with van der Waals surface area (Å²) in [6.45, 7) is 6.67. The van der Waals surface area contributed by atoms with E-state index in [-0.39, 0.29) is 82.7 Å². The molecular weight excluding hydrogens is 391 g/mol. The van der Waals surface area contributed by atoms with Crippen molar-refractivity contribution in [2.75, 3.05) is 0 Å². The minimum absolute atomic E-state index is 0. The molecule has 4 aliphatic carbocycles. The Labute approximate surface area is 203 Å². The number of aliphatic hydroxyl groups is 3. The smallest absolute Gasteiger partial charge is 0.550 e. The molecule has 4 aliphatic rings. The van der Waals surface area contributed by atoms with Gasteiger partial charge in [-0.05, 0) is 104 Å². The van der Waals surface area contributed by atoms with E-state index < -0.39 is 12.1 Å². The second-order valence-corrected chi connectivity index (χ2v) is 11.4. The quantitative estimate of drug-likeness (QED) is 0.503. The molecule has 6 unspecified atom stereocenters. The van der Waals surface area contributed by atoms with E-state index in [1.165, 1.54) is 0 Å². The van der Waals surface area contributed by atoms with Crippen molar-refractivity contribution in [3.63, 3.8) is 0 Å². The van der Waals surface area contributed by atoms with Crippen LogP contribution in [0.1, 0.15) is 78.6 Å². The maximum absolute atomic E-state index is 11.5. The van der Waals surface area contributed by atoms with Crippen LogP contribution in [0.15, 0.2) is 0 Å². The van der Waals surface area contributed by atoms with Crippen LogP contribution in [0.3, 0.4) is 0 Å². The normalized spacial score (nSPS) is 51.1. The monoisotopic (exact) mass is 430 g/mol. The van der Waals surface area contributed by atoms with Crippen LogP contribution in [0, 0.1) is 46.3 Å². The van der Waals surface area contributed by atoms with Crippen molar-refractivity contribution in [1.29, 1.82) is 0 Å². The van der Waals surface area contributed by atoms with Crippen molar-refractivity contribution in [2.45, 2.75) is 96.9 Å². The molecule has 30 heavy (non-hydrogen) atoms. The van der Waals surface area contributed by atoms with Gasteiger partial charge in [0.15, 0.2) is 0 Å². The zero-order valence-electron chi connectivity index (χ0n) is 19.2. The third-order valence-electron chi connectivity index (χ3n) is 10.3. The molecule has 6 heteroatoms. The summed E-state index contributed by atoms with van der Waals surface area (Å²) in [5.74, 6) is 0.635. The maximum atomic E-state index is 11.5. The van der Waals surface area contributed by atoms with Gasteiger partial charge in [0, 0.05) is 5.97 Å². The molecule has 166 valence electrons. The number of fused-ring (bicyclic) bond motifs is 5. The van der Waals surface area contributed by atoms with Crippen LogP contribution in [-0.2, 0) is 4.79 Å². The Kier molecular flexibility index (Phi) is 7.45. The summed E-state index contributed by atoms with van der Waals surface area (Å²) in [6, 6.07) is 0. The van der Waals surface area contributed by atoms with E-state index in [4.69, 9.17) is 0 Å². The van der Waals surface area contributed by atoms with Gasteiger partial charge in [-0.3, -0.25) is 0 Å². The number of carbonyl (C=O) groups is 1. The molecule has 11 atom stereocenters. The van der Waals surface area contributed by atoms with E-state index in [9.17, 15) is 25.2 Å². The minimum atomic E-state index is -0.998. The standard InChI is InChI=1S/C24H40O5.Na/c1-13(4-7-21(28)29)16-5-6-17-22-18(12-20(27)24(16,17)3)23(2)9-8-15(25)10-14(23)11-19(22)26;/h13-20,22,25-27H,4-12H2,1-3H3,(H,28,29);/q;+1/p-1/t13?,14-,15+,16+,17?,18?,19-,20-,22?,23?,24?;/m0./s1. The van der Waals surface area contributed by atoms with Crippen LogP contribution in [0.25, 0.3) is 0 Å². The average molecular weight is 431 g/mol. The zero-order chi connectivity index (χ0) is 21.1. The summed E-state index contributed by atoms with van der Waals surface area (Å²) in [6.07, 6.45) is 5.72. The summed E-state index contributed by atoms with van der Waals surface area (Å²) in [5.41, 5.74) is -0.172. The molecule has 0 saturated heterocycles. The number of carboxylic acid groups (broad SMARTS) is 1. The molecule has 0 bridgehead atoms. The Morgan fingerprint density at radius 3 is 2.43 bits per heavy atom. The largest absolute Gasteiger partial charge is 1.00 e. The topological polar surface area (TPSA) is 101 Å². The van der Waals surface area contributed by atoms with Crippen LogP contribution in [0.4, 0.5) is 0 Å². The van der Waals surface area contributed by atoms with Crippen molar-refractivity contribution in [3.05, 3.63) is 0 Å². The Bertz CT molecular complexity index is 643. The van der Waals surface area contributed by atoms with Crippen LogP contribution in [0.5, 0.6) is 0 Å². The first-order chi connectivity index (χ1) is 13.6. The number of rotatable bonds is 4. The second kappa shape index (κ2) is 8.95.